The van der Waals surface area contributed by atoms with Crippen LogP contribution in [0.25, 0.3) is 0 Å². The summed E-state index contributed by atoms with van der Waals surface area (Å²) < 4.78 is 11.1. The molecule has 0 bridgehead atoms. The van der Waals surface area contributed by atoms with Gasteiger partial charge < -0.3 is 20.1 Å². The molecule has 3 rings (SSSR count). The van der Waals surface area contributed by atoms with E-state index in [-0.39, 0.29) is 24.0 Å². The van der Waals surface area contributed by atoms with Crippen molar-refractivity contribution in [3.63, 3.8) is 0 Å². The number of aliphatic imine (C=N–C) groups is 1. The van der Waals surface area contributed by atoms with Gasteiger partial charge >= 0.3 is 0 Å². The fraction of sp³-hybridized carbons (Fsp3) is 0.632. The highest BCUT2D eigenvalue weighted by Crippen LogP contribution is 2.13. The van der Waals surface area contributed by atoms with E-state index in [2.05, 4.69) is 44.8 Å². The second kappa shape index (κ2) is 11.7. The van der Waals surface area contributed by atoms with Gasteiger partial charge in [0.2, 0.25) is 0 Å². The van der Waals surface area contributed by atoms with Crippen LogP contribution >= 0.6 is 24.0 Å². The van der Waals surface area contributed by atoms with Gasteiger partial charge in [-0.3, -0.25) is 9.89 Å². The fourth-order valence-electron chi connectivity index (χ4n) is 3.30. The highest BCUT2D eigenvalue weighted by Gasteiger charge is 2.16. The van der Waals surface area contributed by atoms with Gasteiger partial charge in [0.05, 0.1) is 19.3 Å². The Hall–Kier alpha value is -0.900. The zero-order valence-corrected chi connectivity index (χ0v) is 17.9. The molecule has 7 heteroatoms. The lowest BCUT2D eigenvalue weighted by Gasteiger charge is -2.27. The monoisotopic (exact) mass is 474 g/mol. The molecule has 0 aliphatic carbocycles. The number of guanidine groups is 1. The number of ether oxygens (including phenoxy) is 2. The molecule has 1 atom stereocenters. The quantitative estimate of drug-likeness (QED) is 0.375. The molecule has 0 saturated carbocycles. The second-order valence-electron chi connectivity index (χ2n) is 6.60. The van der Waals surface area contributed by atoms with Crippen molar-refractivity contribution in [2.75, 3.05) is 46.5 Å². The topological polar surface area (TPSA) is 58.1 Å². The van der Waals surface area contributed by atoms with Gasteiger partial charge in [0.1, 0.15) is 0 Å². The number of halogens is 1. The van der Waals surface area contributed by atoms with Crippen LogP contribution in [0.4, 0.5) is 0 Å². The maximum atomic E-state index is 5.65. The van der Waals surface area contributed by atoms with Crippen molar-refractivity contribution in [2.45, 2.75) is 32.0 Å². The summed E-state index contributed by atoms with van der Waals surface area (Å²) >= 11 is 0. The van der Waals surface area contributed by atoms with Crippen LogP contribution in [0.5, 0.6) is 0 Å². The second-order valence-corrected chi connectivity index (χ2v) is 6.60. The van der Waals surface area contributed by atoms with Crippen LogP contribution in [-0.2, 0) is 22.6 Å². The van der Waals surface area contributed by atoms with Crippen LogP contribution < -0.4 is 10.6 Å². The van der Waals surface area contributed by atoms with E-state index in [1.165, 1.54) is 11.1 Å². The Bertz CT molecular complexity index is 558. The molecule has 2 saturated heterocycles. The molecule has 0 spiro atoms. The number of hydrogen-bond acceptors (Lipinski definition) is 4. The van der Waals surface area contributed by atoms with E-state index in [1.54, 1.807) is 0 Å². The van der Waals surface area contributed by atoms with E-state index in [0.717, 1.165) is 71.3 Å². The van der Waals surface area contributed by atoms with E-state index < -0.39 is 0 Å². The molecule has 0 aromatic heterocycles. The Morgan fingerprint density at radius 1 is 1.15 bits per heavy atom. The lowest BCUT2D eigenvalue weighted by molar-refractivity contribution is 0.0341. The molecule has 2 aliphatic heterocycles. The van der Waals surface area contributed by atoms with Crippen molar-refractivity contribution in [3.8, 4) is 0 Å². The number of nitrogens with one attached hydrogen (secondary N) is 2. The predicted molar refractivity (Wildman–Crippen MR) is 115 cm³/mol. The van der Waals surface area contributed by atoms with E-state index >= 15 is 0 Å². The van der Waals surface area contributed by atoms with E-state index in [1.807, 2.05) is 7.05 Å². The van der Waals surface area contributed by atoms with Crippen LogP contribution in [0.1, 0.15) is 24.0 Å². The molecular weight excluding hydrogens is 443 g/mol. The van der Waals surface area contributed by atoms with Gasteiger partial charge in [0.15, 0.2) is 5.96 Å². The van der Waals surface area contributed by atoms with Crippen molar-refractivity contribution < 1.29 is 9.47 Å². The van der Waals surface area contributed by atoms with Crippen LogP contribution in [0.2, 0.25) is 0 Å². The molecule has 6 nitrogen and oxygen atoms in total. The molecule has 26 heavy (non-hydrogen) atoms. The van der Waals surface area contributed by atoms with Gasteiger partial charge in [0, 0.05) is 46.4 Å². The number of morpholine rings is 1. The molecule has 146 valence electrons. The molecule has 1 aromatic carbocycles. The minimum absolute atomic E-state index is 0. The minimum Gasteiger partial charge on any atom is -0.379 e. The summed E-state index contributed by atoms with van der Waals surface area (Å²) in [7, 11) is 1.81. The molecule has 2 heterocycles. The Labute approximate surface area is 173 Å². The van der Waals surface area contributed by atoms with Crippen molar-refractivity contribution in [1.29, 1.82) is 0 Å². The van der Waals surface area contributed by atoms with Crippen molar-refractivity contribution in [2.24, 2.45) is 4.99 Å². The van der Waals surface area contributed by atoms with Gasteiger partial charge in [-0.05, 0) is 24.0 Å². The third-order valence-corrected chi connectivity index (χ3v) is 4.81. The first kappa shape index (κ1) is 21.4. The standard InChI is InChI=1S/C19H30N4O2.HI/c1-20-19(22-14-18-7-4-10-25-18)21-13-16-5-2-3-6-17(16)15-23-8-11-24-12-9-23;/h2-3,5-6,18H,4,7-15H2,1H3,(H2,20,21,22);1H. The fourth-order valence-corrected chi connectivity index (χ4v) is 3.30. The van der Waals surface area contributed by atoms with E-state index in [4.69, 9.17) is 9.47 Å². The van der Waals surface area contributed by atoms with Gasteiger partial charge in [-0.1, -0.05) is 24.3 Å². The summed E-state index contributed by atoms with van der Waals surface area (Å²) in [5.41, 5.74) is 2.68. The summed E-state index contributed by atoms with van der Waals surface area (Å²) in [5.74, 6) is 0.830. The predicted octanol–water partition coefficient (Wildman–Crippen LogP) is 1.98. The largest absolute Gasteiger partial charge is 0.379 e. The average molecular weight is 474 g/mol. The van der Waals surface area contributed by atoms with Crippen LogP contribution in [0.15, 0.2) is 29.3 Å². The van der Waals surface area contributed by atoms with Gasteiger partial charge in [-0.15, -0.1) is 24.0 Å². The third-order valence-electron chi connectivity index (χ3n) is 4.81. The average Bonchev–Trinajstić information content (AvgIpc) is 3.17. The molecule has 2 fully saturated rings. The normalized spacial score (nSPS) is 21.3. The smallest absolute Gasteiger partial charge is 0.191 e. The van der Waals surface area contributed by atoms with Crippen LogP contribution in [0.3, 0.4) is 0 Å². The van der Waals surface area contributed by atoms with Gasteiger partial charge in [-0.25, -0.2) is 0 Å². The summed E-state index contributed by atoms with van der Waals surface area (Å²) in [6.45, 7) is 7.12. The first-order valence-corrected chi connectivity index (χ1v) is 9.28. The number of rotatable bonds is 6. The SMILES string of the molecule is CN=C(NCc1ccccc1CN1CCOCC1)NCC1CCCO1.I. The zero-order chi connectivity index (χ0) is 17.3. The summed E-state index contributed by atoms with van der Waals surface area (Å²) in [4.78, 5) is 6.77. The van der Waals surface area contributed by atoms with Crippen molar-refractivity contribution in [1.82, 2.24) is 15.5 Å². The first-order chi connectivity index (χ1) is 12.3. The maximum absolute atomic E-state index is 5.65. The molecule has 1 aromatic rings. The number of hydrogen-bond donors (Lipinski definition) is 2. The maximum Gasteiger partial charge on any atom is 0.191 e. The molecule has 2 aliphatic rings. The Morgan fingerprint density at radius 3 is 2.62 bits per heavy atom. The van der Waals surface area contributed by atoms with E-state index in [0.29, 0.717) is 6.10 Å². The highest BCUT2D eigenvalue weighted by molar-refractivity contribution is 14.0. The third kappa shape index (κ3) is 6.68. The molecule has 1 unspecified atom stereocenters. The van der Waals surface area contributed by atoms with Crippen molar-refractivity contribution in [3.05, 3.63) is 35.4 Å². The summed E-state index contributed by atoms with van der Waals surface area (Å²) in [5, 5.41) is 6.80. The highest BCUT2D eigenvalue weighted by atomic mass is 127. The molecular formula is C19H31IN4O2. The lowest BCUT2D eigenvalue weighted by atomic mass is 10.1. The Morgan fingerprint density at radius 2 is 1.92 bits per heavy atom. The number of benzene rings is 1. The number of nitrogens with zero attached hydrogens (tertiary/aromatic N) is 2. The lowest BCUT2D eigenvalue weighted by Crippen LogP contribution is -2.41. The van der Waals surface area contributed by atoms with Gasteiger partial charge in [-0.2, -0.15) is 0 Å². The van der Waals surface area contributed by atoms with Gasteiger partial charge in [0.25, 0.3) is 0 Å². The van der Waals surface area contributed by atoms with E-state index in [9.17, 15) is 0 Å². The summed E-state index contributed by atoms with van der Waals surface area (Å²) in [6.07, 6.45) is 2.60. The first-order valence-electron chi connectivity index (χ1n) is 9.28. The molecule has 0 amide bonds. The Kier molecular flexibility index (Phi) is 9.66. The minimum atomic E-state index is 0. The summed E-state index contributed by atoms with van der Waals surface area (Å²) in [6, 6.07) is 8.62. The molecule has 2 N–H and O–H groups in total. The van der Waals surface area contributed by atoms with Crippen molar-refractivity contribution >= 4 is 29.9 Å². The zero-order valence-electron chi connectivity index (χ0n) is 15.6. The van der Waals surface area contributed by atoms with Crippen LogP contribution in [-0.4, -0.2) is 63.5 Å². The van der Waals surface area contributed by atoms with Crippen LogP contribution in [0, 0.1) is 0 Å². The Balaban J connectivity index is 0.00000243. The molecule has 0 radical (unpaired) electrons.